The van der Waals surface area contributed by atoms with Crippen LogP contribution in [-0.2, 0) is 0 Å². The predicted octanol–water partition coefficient (Wildman–Crippen LogP) is 3.83. The zero-order valence-electron chi connectivity index (χ0n) is 12.1. The molecular formula is C16H18ClN3O. The van der Waals surface area contributed by atoms with E-state index in [1.54, 1.807) is 48.6 Å². The summed E-state index contributed by atoms with van der Waals surface area (Å²) in [6.45, 7) is 2.88. The van der Waals surface area contributed by atoms with Crippen molar-refractivity contribution < 1.29 is 4.79 Å². The van der Waals surface area contributed by atoms with E-state index in [9.17, 15) is 4.79 Å². The molecule has 1 N–H and O–H groups in total. The van der Waals surface area contributed by atoms with Gasteiger partial charge in [0.05, 0.1) is 5.56 Å². The monoisotopic (exact) mass is 303 g/mol. The summed E-state index contributed by atoms with van der Waals surface area (Å²) in [4.78, 5) is 18.2. The molecule has 110 valence electrons. The number of carbonyl (C=O) groups is 1. The lowest BCUT2D eigenvalue weighted by atomic mass is 10.1. The van der Waals surface area contributed by atoms with Crippen molar-refractivity contribution in [3.05, 3.63) is 53.3 Å². The summed E-state index contributed by atoms with van der Waals surface area (Å²) in [7, 11) is 1.74. The van der Waals surface area contributed by atoms with E-state index in [-0.39, 0.29) is 5.91 Å². The van der Waals surface area contributed by atoms with Gasteiger partial charge in [0.25, 0.3) is 5.91 Å². The van der Waals surface area contributed by atoms with Crippen molar-refractivity contribution in [1.29, 1.82) is 0 Å². The molecule has 1 amide bonds. The molecule has 0 fully saturated rings. The molecule has 21 heavy (non-hydrogen) atoms. The molecule has 4 nitrogen and oxygen atoms in total. The van der Waals surface area contributed by atoms with Gasteiger partial charge in [-0.2, -0.15) is 0 Å². The first-order valence-corrected chi connectivity index (χ1v) is 7.22. The topological polar surface area (TPSA) is 45.2 Å². The average molecular weight is 304 g/mol. The Morgan fingerprint density at radius 2 is 2.00 bits per heavy atom. The molecule has 1 aromatic heterocycles. The van der Waals surface area contributed by atoms with E-state index < -0.39 is 0 Å². The lowest BCUT2D eigenvalue weighted by Crippen LogP contribution is -2.27. The van der Waals surface area contributed by atoms with Gasteiger partial charge in [-0.15, -0.1) is 0 Å². The summed E-state index contributed by atoms with van der Waals surface area (Å²) in [6, 6.07) is 8.90. The van der Waals surface area contributed by atoms with Gasteiger partial charge in [0, 0.05) is 42.4 Å². The number of nitrogens with zero attached hydrogens (tertiary/aromatic N) is 2. The van der Waals surface area contributed by atoms with Gasteiger partial charge in [0.1, 0.15) is 0 Å². The molecule has 0 atom stereocenters. The van der Waals surface area contributed by atoms with Gasteiger partial charge in [-0.05, 0) is 36.8 Å². The van der Waals surface area contributed by atoms with Gasteiger partial charge < -0.3 is 10.2 Å². The number of hydrogen-bond acceptors (Lipinski definition) is 3. The van der Waals surface area contributed by atoms with Gasteiger partial charge in [-0.1, -0.05) is 18.5 Å². The van der Waals surface area contributed by atoms with Crippen molar-refractivity contribution in [1.82, 2.24) is 4.98 Å². The molecule has 0 aliphatic heterocycles. The van der Waals surface area contributed by atoms with Crippen molar-refractivity contribution in [2.75, 3.05) is 23.8 Å². The number of amides is 1. The summed E-state index contributed by atoms with van der Waals surface area (Å²) in [5, 5.41) is 3.80. The zero-order valence-corrected chi connectivity index (χ0v) is 12.9. The largest absolute Gasteiger partial charge is 0.384 e. The van der Waals surface area contributed by atoms with Crippen LogP contribution in [0.25, 0.3) is 0 Å². The van der Waals surface area contributed by atoms with Gasteiger partial charge in [-0.3, -0.25) is 9.78 Å². The van der Waals surface area contributed by atoms with Crippen LogP contribution in [0.3, 0.4) is 0 Å². The second kappa shape index (κ2) is 7.09. The molecule has 2 rings (SSSR count). The molecular weight excluding hydrogens is 286 g/mol. The first kappa shape index (κ1) is 15.3. The van der Waals surface area contributed by atoms with Crippen LogP contribution in [0.2, 0.25) is 5.02 Å². The Kier molecular flexibility index (Phi) is 5.17. The number of rotatable bonds is 5. The van der Waals surface area contributed by atoms with Crippen LogP contribution in [0.5, 0.6) is 0 Å². The molecule has 2 aromatic rings. The van der Waals surface area contributed by atoms with E-state index in [4.69, 9.17) is 11.6 Å². The number of carbonyl (C=O) groups excluding carboxylic acids is 1. The first-order chi connectivity index (χ1) is 10.1. The molecule has 0 unspecified atom stereocenters. The minimum atomic E-state index is -0.109. The molecule has 0 bridgehead atoms. The smallest absolute Gasteiger partial charge is 0.260 e. The fourth-order valence-electron chi connectivity index (χ4n) is 1.97. The highest BCUT2D eigenvalue weighted by Crippen LogP contribution is 2.24. The second-order valence-electron chi connectivity index (χ2n) is 4.69. The quantitative estimate of drug-likeness (QED) is 0.913. The SMILES string of the molecule is CCCNc1ccc(Cl)cc1C(=O)N(C)c1ccncc1. The van der Waals surface area contributed by atoms with Gasteiger partial charge in [0.2, 0.25) is 0 Å². The van der Waals surface area contributed by atoms with Crippen LogP contribution in [0.15, 0.2) is 42.7 Å². The van der Waals surface area contributed by atoms with Crippen LogP contribution < -0.4 is 10.2 Å². The molecule has 5 heteroatoms. The maximum atomic E-state index is 12.7. The standard InChI is InChI=1S/C16H18ClN3O/c1-3-8-19-15-5-4-12(17)11-14(15)16(21)20(2)13-6-9-18-10-7-13/h4-7,9-11,19H,3,8H2,1-2H3. The van der Waals surface area contributed by atoms with Crippen molar-refractivity contribution in [3.8, 4) is 0 Å². The molecule has 0 aliphatic carbocycles. The highest BCUT2D eigenvalue weighted by Gasteiger charge is 2.17. The number of pyridine rings is 1. The second-order valence-corrected chi connectivity index (χ2v) is 5.12. The van der Waals surface area contributed by atoms with E-state index in [0.717, 1.165) is 24.3 Å². The molecule has 0 aliphatic rings. The number of aromatic nitrogens is 1. The molecule has 1 aromatic carbocycles. The van der Waals surface area contributed by atoms with Gasteiger partial charge in [-0.25, -0.2) is 0 Å². The van der Waals surface area contributed by atoms with Crippen molar-refractivity contribution >= 4 is 28.9 Å². The number of nitrogens with one attached hydrogen (secondary N) is 1. The van der Waals surface area contributed by atoms with Crippen molar-refractivity contribution in [2.24, 2.45) is 0 Å². The maximum absolute atomic E-state index is 12.7. The lowest BCUT2D eigenvalue weighted by Gasteiger charge is -2.19. The number of benzene rings is 1. The van der Waals surface area contributed by atoms with E-state index in [2.05, 4.69) is 17.2 Å². The van der Waals surface area contributed by atoms with E-state index >= 15 is 0 Å². The van der Waals surface area contributed by atoms with Crippen LogP contribution in [-0.4, -0.2) is 24.5 Å². The molecule has 0 spiro atoms. The summed E-state index contributed by atoms with van der Waals surface area (Å²) in [5.74, 6) is -0.109. The highest BCUT2D eigenvalue weighted by molar-refractivity contribution is 6.31. The Bertz CT molecular complexity index is 616. The Morgan fingerprint density at radius 3 is 2.67 bits per heavy atom. The number of anilines is 2. The van der Waals surface area contributed by atoms with Crippen LogP contribution in [0, 0.1) is 0 Å². The molecule has 0 saturated heterocycles. The van der Waals surface area contributed by atoms with Gasteiger partial charge >= 0.3 is 0 Å². The predicted molar refractivity (Wildman–Crippen MR) is 87.2 cm³/mol. The van der Waals surface area contributed by atoms with Crippen LogP contribution in [0.4, 0.5) is 11.4 Å². The molecule has 1 heterocycles. The Morgan fingerprint density at radius 1 is 1.29 bits per heavy atom. The summed E-state index contributed by atoms with van der Waals surface area (Å²) in [6.07, 6.45) is 4.30. The van der Waals surface area contributed by atoms with E-state index in [1.165, 1.54) is 0 Å². The summed E-state index contributed by atoms with van der Waals surface area (Å²) < 4.78 is 0. The minimum absolute atomic E-state index is 0.109. The number of halogens is 1. The maximum Gasteiger partial charge on any atom is 0.260 e. The third kappa shape index (κ3) is 3.73. The third-order valence-corrected chi connectivity index (χ3v) is 3.37. The first-order valence-electron chi connectivity index (χ1n) is 6.85. The Hall–Kier alpha value is -2.07. The van der Waals surface area contributed by atoms with Crippen LogP contribution >= 0.6 is 11.6 Å². The minimum Gasteiger partial charge on any atom is -0.384 e. The fraction of sp³-hybridized carbons (Fsp3) is 0.250. The van der Waals surface area contributed by atoms with Gasteiger partial charge in [0.15, 0.2) is 0 Å². The van der Waals surface area contributed by atoms with Crippen molar-refractivity contribution in [3.63, 3.8) is 0 Å². The fourth-order valence-corrected chi connectivity index (χ4v) is 2.14. The summed E-state index contributed by atoms with van der Waals surface area (Å²) >= 11 is 6.04. The molecule has 0 saturated carbocycles. The average Bonchev–Trinajstić information content (AvgIpc) is 2.53. The highest BCUT2D eigenvalue weighted by atomic mass is 35.5. The number of hydrogen-bond donors (Lipinski definition) is 1. The zero-order chi connectivity index (χ0) is 15.2. The Balaban J connectivity index is 2.31. The van der Waals surface area contributed by atoms with Crippen LogP contribution in [0.1, 0.15) is 23.7 Å². The van der Waals surface area contributed by atoms with E-state index in [0.29, 0.717) is 10.6 Å². The third-order valence-electron chi connectivity index (χ3n) is 3.13. The molecule has 0 radical (unpaired) electrons. The Labute approximate surface area is 129 Å². The summed E-state index contributed by atoms with van der Waals surface area (Å²) in [5.41, 5.74) is 2.15. The van der Waals surface area contributed by atoms with Crippen molar-refractivity contribution in [2.45, 2.75) is 13.3 Å². The normalized spacial score (nSPS) is 10.2. The van der Waals surface area contributed by atoms with E-state index in [1.807, 2.05) is 6.07 Å². The lowest BCUT2D eigenvalue weighted by molar-refractivity contribution is 0.0993.